The van der Waals surface area contributed by atoms with Crippen LogP contribution >= 0.6 is 0 Å². The average Bonchev–Trinajstić information content (AvgIpc) is 3.25. The minimum atomic E-state index is -2.70. The van der Waals surface area contributed by atoms with Gasteiger partial charge in [0, 0.05) is 55.9 Å². The molecule has 1 fully saturated rings. The van der Waals surface area contributed by atoms with Crippen LogP contribution in [0.4, 0.5) is 8.78 Å². The van der Waals surface area contributed by atoms with E-state index in [2.05, 4.69) is 15.3 Å². The Morgan fingerprint density at radius 2 is 1.82 bits per heavy atom. The third kappa shape index (κ3) is 4.86. The van der Waals surface area contributed by atoms with E-state index in [1.54, 1.807) is 29.1 Å². The van der Waals surface area contributed by atoms with Crippen LogP contribution in [0.25, 0.3) is 16.7 Å². The molecule has 0 saturated carbocycles. The van der Waals surface area contributed by atoms with E-state index >= 15 is 0 Å². The number of piperidine rings is 1. The van der Waals surface area contributed by atoms with E-state index in [1.807, 2.05) is 19.9 Å². The number of carbonyl (C=O) groups excluding carboxylic acids is 2. The first kappa shape index (κ1) is 22.8. The molecule has 0 spiro atoms. The van der Waals surface area contributed by atoms with Gasteiger partial charge in [0.2, 0.25) is 0 Å². The number of likely N-dealkylation sites (tertiary alicyclic amines) is 1. The molecular weight excluding hydrogens is 428 g/mol. The molecule has 4 rings (SSSR count). The second-order valence-electron chi connectivity index (χ2n) is 8.39. The molecule has 0 unspecified atom stereocenters. The Hall–Kier alpha value is -3.36. The normalized spacial score (nSPS) is 15.7. The third-order valence-electron chi connectivity index (χ3n) is 6.14. The lowest BCUT2D eigenvalue weighted by atomic mass is 10.1. The molecule has 0 aromatic carbocycles. The summed E-state index contributed by atoms with van der Waals surface area (Å²) in [4.78, 5) is 35.5. The quantitative estimate of drug-likeness (QED) is 0.604. The molecule has 3 aromatic rings. The van der Waals surface area contributed by atoms with E-state index in [0.717, 1.165) is 18.2 Å². The number of pyridine rings is 2. The number of carbonyl (C=O) groups is 2. The molecule has 2 amide bonds. The highest BCUT2D eigenvalue weighted by Crippen LogP contribution is 2.29. The Morgan fingerprint density at radius 1 is 1.09 bits per heavy atom. The summed E-state index contributed by atoms with van der Waals surface area (Å²) >= 11 is 0. The molecule has 9 heteroatoms. The predicted molar refractivity (Wildman–Crippen MR) is 121 cm³/mol. The van der Waals surface area contributed by atoms with Crippen molar-refractivity contribution in [3.63, 3.8) is 0 Å². The number of halogens is 2. The van der Waals surface area contributed by atoms with Gasteiger partial charge in [0.15, 0.2) is 0 Å². The lowest BCUT2D eigenvalue weighted by molar-refractivity contribution is -0.0494. The van der Waals surface area contributed by atoms with Crippen molar-refractivity contribution >= 4 is 22.8 Å². The number of rotatable bonds is 6. The molecule has 7 nitrogen and oxygen atoms in total. The Kier molecular flexibility index (Phi) is 6.40. The van der Waals surface area contributed by atoms with Gasteiger partial charge in [-0.2, -0.15) is 0 Å². The zero-order chi connectivity index (χ0) is 23.6. The van der Waals surface area contributed by atoms with Gasteiger partial charge in [-0.25, -0.2) is 13.8 Å². The Labute approximate surface area is 190 Å². The van der Waals surface area contributed by atoms with Crippen LogP contribution in [0.5, 0.6) is 0 Å². The largest absolute Gasteiger partial charge is 0.349 e. The standard InChI is InChI=1S/C24H27F2N5O2/c1-3-19(4-2)29-22(32)17-12-20(15-27-13-17)31-8-5-16-11-18(14-28-21(16)31)23(33)30-9-6-24(25,26)7-10-30/h5,8,11-15,19H,3-4,6-7,9-10H2,1-2H3,(H,29,32). The van der Waals surface area contributed by atoms with Gasteiger partial charge in [0.1, 0.15) is 5.65 Å². The van der Waals surface area contributed by atoms with Crippen LogP contribution in [0.2, 0.25) is 0 Å². The van der Waals surface area contributed by atoms with E-state index < -0.39 is 5.92 Å². The van der Waals surface area contributed by atoms with Gasteiger partial charge in [0.05, 0.1) is 23.0 Å². The average molecular weight is 456 g/mol. The first-order chi connectivity index (χ1) is 15.8. The second kappa shape index (κ2) is 9.25. The molecule has 1 aliphatic heterocycles. The monoisotopic (exact) mass is 455 g/mol. The number of fused-ring (bicyclic) bond motifs is 1. The van der Waals surface area contributed by atoms with Gasteiger partial charge in [-0.05, 0) is 31.0 Å². The smallest absolute Gasteiger partial charge is 0.255 e. The molecule has 0 aliphatic carbocycles. The fourth-order valence-electron chi connectivity index (χ4n) is 4.01. The van der Waals surface area contributed by atoms with Crippen molar-refractivity contribution in [3.05, 3.63) is 54.1 Å². The summed E-state index contributed by atoms with van der Waals surface area (Å²) in [6.07, 6.45) is 7.49. The Morgan fingerprint density at radius 3 is 2.52 bits per heavy atom. The van der Waals surface area contributed by atoms with Crippen LogP contribution in [0.1, 0.15) is 60.2 Å². The molecule has 4 heterocycles. The van der Waals surface area contributed by atoms with Crippen molar-refractivity contribution in [2.45, 2.75) is 51.5 Å². The predicted octanol–water partition coefficient (Wildman–Crippen LogP) is 4.21. The lowest BCUT2D eigenvalue weighted by Gasteiger charge is -2.31. The second-order valence-corrected chi connectivity index (χ2v) is 8.39. The maximum atomic E-state index is 13.4. The lowest BCUT2D eigenvalue weighted by Crippen LogP contribution is -2.42. The topological polar surface area (TPSA) is 80.1 Å². The molecule has 174 valence electrons. The number of nitrogens with one attached hydrogen (secondary N) is 1. The summed E-state index contributed by atoms with van der Waals surface area (Å²) in [5.41, 5.74) is 2.10. The Bertz CT molecular complexity index is 1160. The molecule has 0 radical (unpaired) electrons. The van der Waals surface area contributed by atoms with Crippen LogP contribution < -0.4 is 5.32 Å². The number of amides is 2. The summed E-state index contributed by atoms with van der Waals surface area (Å²) < 4.78 is 28.6. The van der Waals surface area contributed by atoms with E-state index in [0.29, 0.717) is 22.5 Å². The highest BCUT2D eigenvalue weighted by Gasteiger charge is 2.35. The number of hydrogen-bond donors (Lipinski definition) is 1. The Balaban J connectivity index is 1.56. The van der Waals surface area contributed by atoms with Crippen LogP contribution in [0.15, 0.2) is 43.0 Å². The van der Waals surface area contributed by atoms with Gasteiger partial charge in [0.25, 0.3) is 17.7 Å². The van der Waals surface area contributed by atoms with E-state index in [-0.39, 0.29) is 43.8 Å². The molecule has 0 bridgehead atoms. The summed E-state index contributed by atoms with van der Waals surface area (Å²) in [5, 5.41) is 3.74. The van der Waals surface area contributed by atoms with Gasteiger partial charge in [-0.15, -0.1) is 0 Å². The van der Waals surface area contributed by atoms with Crippen LogP contribution in [0, 0.1) is 0 Å². The minimum absolute atomic E-state index is 0.0301. The zero-order valence-electron chi connectivity index (χ0n) is 18.7. The van der Waals surface area contributed by atoms with Gasteiger partial charge in [-0.1, -0.05) is 13.8 Å². The molecule has 3 aromatic heterocycles. The van der Waals surface area contributed by atoms with Crippen molar-refractivity contribution in [1.29, 1.82) is 0 Å². The summed E-state index contributed by atoms with van der Waals surface area (Å²) in [6.45, 7) is 4.12. The fourth-order valence-corrected chi connectivity index (χ4v) is 4.01. The van der Waals surface area contributed by atoms with Crippen molar-refractivity contribution in [3.8, 4) is 5.69 Å². The van der Waals surface area contributed by atoms with Crippen molar-refractivity contribution in [2.75, 3.05) is 13.1 Å². The highest BCUT2D eigenvalue weighted by molar-refractivity contribution is 5.97. The zero-order valence-corrected chi connectivity index (χ0v) is 18.7. The molecular formula is C24H27F2N5O2. The fraction of sp³-hybridized carbons (Fsp3) is 0.417. The maximum Gasteiger partial charge on any atom is 0.255 e. The van der Waals surface area contributed by atoms with Crippen molar-refractivity contribution in [1.82, 2.24) is 24.8 Å². The third-order valence-corrected chi connectivity index (χ3v) is 6.14. The van der Waals surface area contributed by atoms with Gasteiger partial charge in [-0.3, -0.25) is 19.1 Å². The number of aromatic nitrogens is 3. The number of hydrogen-bond acceptors (Lipinski definition) is 4. The van der Waals surface area contributed by atoms with Crippen LogP contribution in [-0.2, 0) is 0 Å². The van der Waals surface area contributed by atoms with Gasteiger partial charge < -0.3 is 10.2 Å². The molecule has 1 saturated heterocycles. The first-order valence-electron chi connectivity index (χ1n) is 11.2. The summed E-state index contributed by atoms with van der Waals surface area (Å²) in [7, 11) is 0. The minimum Gasteiger partial charge on any atom is -0.349 e. The molecule has 1 N–H and O–H groups in total. The van der Waals surface area contributed by atoms with Crippen LogP contribution in [-0.4, -0.2) is 56.3 Å². The van der Waals surface area contributed by atoms with Gasteiger partial charge >= 0.3 is 0 Å². The summed E-state index contributed by atoms with van der Waals surface area (Å²) in [6, 6.07) is 5.39. The van der Waals surface area contributed by atoms with E-state index in [1.165, 1.54) is 17.3 Å². The maximum absolute atomic E-state index is 13.4. The highest BCUT2D eigenvalue weighted by atomic mass is 19.3. The summed E-state index contributed by atoms with van der Waals surface area (Å²) in [5.74, 6) is -3.18. The van der Waals surface area contributed by atoms with Crippen LogP contribution in [0.3, 0.4) is 0 Å². The van der Waals surface area contributed by atoms with Crippen molar-refractivity contribution < 1.29 is 18.4 Å². The number of nitrogens with zero attached hydrogens (tertiary/aromatic N) is 4. The first-order valence-corrected chi connectivity index (χ1v) is 11.2. The van der Waals surface area contributed by atoms with E-state index in [9.17, 15) is 18.4 Å². The van der Waals surface area contributed by atoms with Crippen molar-refractivity contribution in [2.24, 2.45) is 0 Å². The molecule has 33 heavy (non-hydrogen) atoms. The van der Waals surface area contributed by atoms with E-state index in [4.69, 9.17) is 0 Å². The molecule has 1 aliphatic rings. The molecule has 0 atom stereocenters. The SMILES string of the molecule is CCC(CC)NC(=O)c1cncc(-n2ccc3cc(C(=O)N4CCC(F)(F)CC4)cnc32)c1. The number of alkyl halides is 2.